The molecule has 1 aliphatic carbocycles. The summed E-state index contributed by atoms with van der Waals surface area (Å²) in [6.07, 6.45) is 2.95. The Morgan fingerprint density at radius 3 is 2.85 bits per heavy atom. The number of esters is 1. The van der Waals surface area contributed by atoms with Gasteiger partial charge in [0.1, 0.15) is 0 Å². The van der Waals surface area contributed by atoms with Gasteiger partial charge in [-0.25, -0.2) is 4.79 Å². The van der Waals surface area contributed by atoms with Gasteiger partial charge in [0.15, 0.2) is 0 Å². The summed E-state index contributed by atoms with van der Waals surface area (Å²) in [5, 5.41) is 3.33. The summed E-state index contributed by atoms with van der Waals surface area (Å²) in [4.78, 5) is 11.2. The highest BCUT2D eigenvalue weighted by Gasteiger charge is 2.38. The zero-order valence-corrected chi connectivity index (χ0v) is 7.88. The maximum Gasteiger partial charge on any atom is 0.330 e. The average Bonchev–Trinajstić information content (AvgIpc) is 2.16. The van der Waals surface area contributed by atoms with E-state index in [0.29, 0.717) is 18.4 Å². The summed E-state index contributed by atoms with van der Waals surface area (Å²) >= 11 is 0. The SMILES string of the molecule is CCOC(=O)C=C1C2CNCC1C2. The second-order valence-corrected chi connectivity index (χ2v) is 3.68. The van der Waals surface area contributed by atoms with Crippen molar-refractivity contribution in [3.8, 4) is 0 Å². The molecule has 2 unspecified atom stereocenters. The van der Waals surface area contributed by atoms with Crippen LogP contribution < -0.4 is 5.32 Å². The normalized spacial score (nSPS) is 30.7. The topological polar surface area (TPSA) is 38.3 Å². The molecule has 3 nitrogen and oxygen atoms in total. The molecule has 3 aliphatic rings. The van der Waals surface area contributed by atoms with Crippen molar-refractivity contribution in [3.05, 3.63) is 11.6 Å². The summed E-state index contributed by atoms with van der Waals surface area (Å²) in [6.45, 7) is 4.36. The van der Waals surface area contributed by atoms with E-state index in [-0.39, 0.29) is 5.97 Å². The van der Waals surface area contributed by atoms with Gasteiger partial charge in [0, 0.05) is 19.2 Å². The molecule has 0 aromatic rings. The Morgan fingerprint density at radius 2 is 2.31 bits per heavy atom. The van der Waals surface area contributed by atoms with Gasteiger partial charge in [-0.2, -0.15) is 0 Å². The molecule has 2 bridgehead atoms. The maximum atomic E-state index is 11.2. The molecule has 2 aliphatic heterocycles. The van der Waals surface area contributed by atoms with Crippen LogP contribution in [0.3, 0.4) is 0 Å². The number of rotatable bonds is 2. The smallest absolute Gasteiger partial charge is 0.330 e. The molecule has 3 heteroatoms. The Labute approximate surface area is 78.1 Å². The second-order valence-electron chi connectivity index (χ2n) is 3.68. The van der Waals surface area contributed by atoms with Crippen molar-refractivity contribution in [2.75, 3.05) is 19.7 Å². The number of fused-ring (bicyclic) bond motifs is 2. The molecular weight excluding hydrogens is 166 g/mol. The Kier molecular flexibility index (Phi) is 2.36. The highest BCUT2D eigenvalue weighted by Crippen LogP contribution is 2.41. The molecule has 1 N–H and O–H groups in total. The molecule has 0 amide bonds. The molecule has 3 rings (SSSR count). The van der Waals surface area contributed by atoms with Crippen molar-refractivity contribution < 1.29 is 9.53 Å². The van der Waals surface area contributed by atoms with Gasteiger partial charge in [-0.15, -0.1) is 0 Å². The third-order valence-corrected chi connectivity index (χ3v) is 2.86. The molecule has 3 fully saturated rings. The van der Waals surface area contributed by atoms with Crippen LogP contribution in [0.2, 0.25) is 0 Å². The fourth-order valence-corrected chi connectivity index (χ4v) is 2.18. The van der Waals surface area contributed by atoms with Gasteiger partial charge in [-0.1, -0.05) is 5.57 Å². The van der Waals surface area contributed by atoms with Gasteiger partial charge in [0.05, 0.1) is 6.61 Å². The molecule has 2 saturated heterocycles. The minimum Gasteiger partial charge on any atom is -0.463 e. The van der Waals surface area contributed by atoms with Gasteiger partial charge in [-0.05, 0) is 25.2 Å². The van der Waals surface area contributed by atoms with E-state index >= 15 is 0 Å². The Hall–Kier alpha value is -0.830. The molecule has 0 aromatic carbocycles. The van der Waals surface area contributed by atoms with Crippen LogP contribution in [0.4, 0.5) is 0 Å². The number of carbonyl (C=O) groups excluding carboxylic acids is 1. The van der Waals surface area contributed by atoms with Crippen molar-refractivity contribution in [2.24, 2.45) is 11.8 Å². The summed E-state index contributed by atoms with van der Waals surface area (Å²) in [7, 11) is 0. The largest absolute Gasteiger partial charge is 0.463 e. The molecule has 0 aromatic heterocycles. The van der Waals surface area contributed by atoms with Crippen LogP contribution in [0.5, 0.6) is 0 Å². The molecule has 0 spiro atoms. The predicted octanol–water partition coefficient (Wildman–Crippen LogP) is 0.715. The molecule has 1 saturated carbocycles. The summed E-state index contributed by atoms with van der Waals surface area (Å²) in [5.74, 6) is 1.03. The zero-order valence-electron chi connectivity index (χ0n) is 7.88. The minimum atomic E-state index is -0.172. The van der Waals surface area contributed by atoms with E-state index in [2.05, 4.69) is 5.32 Å². The summed E-state index contributed by atoms with van der Waals surface area (Å²) in [6, 6.07) is 0. The lowest BCUT2D eigenvalue weighted by molar-refractivity contribution is -0.137. The van der Waals surface area contributed by atoms with Gasteiger partial charge in [0.25, 0.3) is 0 Å². The highest BCUT2D eigenvalue weighted by molar-refractivity contribution is 5.83. The number of piperidine rings is 2. The lowest BCUT2D eigenvalue weighted by atomic mass is 9.67. The highest BCUT2D eigenvalue weighted by atomic mass is 16.5. The van der Waals surface area contributed by atoms with Gasteiger partial charge < -0.3 is 10.1 Å². The van der Waals surface area contributed by atoms with Crippen LogP contribution in [-0.4, -0.2) is 25.7 Å². The Bertz CT molecular complexity index is 231. The number of ether oxygens (including phenoxy) is 1. The molecule has 2 heterocycles. The third kappa shape index (κ3) is 1.61. The van der Waals surface area contributed by atoms with Crippen LogP contribution in [0.15, 0.2) is 11.6 Å². The van der Waals surface area contributed by atoms with E-state index in [1.54, 1.807) is 6.08 Å². The standard InChI is InChI=1S/C10H15NO2/c1-2-13-10(12)4-9-7-3-8(9)6-11-5-7/h4,7-8,11H,2-3,5-6H2,1H3. The predicted molar refractivity (Wildman–Crippen MR) is 49.2 cm³/mol. The van der Waals surface area contributed by atoms with E-state index in [4.69, 9.17) is 4.74 Å². The number of carbonyl (C=O) groups is 1. The average molecular weight is 181 g/mol. The van der Waals surface area contributed by atoms with Crippen molar-refractivity contribution in [3.63, 3.8) is 0 Å². The zero-order chi connectivity index (χ0) is 9.26. The van der Waals surface area contributed by atoms with E-state index < -0.39 is 0 Å². The van der Waals surface area contributed by atoms with Crippen molar-refractivity contribution in [2.45, 2.75) is 13.3 Å². The summed E-state index contributed by atoms with van der Waals surface area (Å²) in [5.41, 5.74) is 1.30. The summed E-state index contributed by atoms with van der Waals surface area (Å²) < 4.78 is 4.88. The first kappa shape index (κ1) is 8.75. The van der Waals surface area contributed by atoms with Gasteiger partial charge >= 0.3 is 5.97 Å². The Morgan fingerprint density at radius 1 is 1.62 bits per heavy atom. The molecule has 0 radical (unpaired) electrons. The lowest BCUT2D eigenvalue weighted by Crippen LogP contribution is -2.48. The second kappa shape index (κ2) is 3.50. The molecule has 2 atom stereocenters. The van der Waals surface area contributed by atoms with E-state index in [1.165, 1.54) is 12.0 Å². The maximum absolute atomic E-state index is 11.2. The molecular formula is C10H15NO2. The van der Waals surface area contributed by atoms with Crippen LogP contribution in [0.25, 0.3) is 0 Å². The van der Waals surface area contributed by atoms with E-state index in [1.807, 2.05) is 6.92 Å². The first-order valence-electron chi connectivity index (χ1n) is 4.90. The first-order chi connectivity index (χ1) is 6.31. The number of nitrogens with one attached hydrogen (secondary N) is 1. The minimum absolute atomic E-state index is 0.172. The van der Waals surface area contributed by atoms with Crippen LogP contribution in [0.1, 0.15) is 13.3 Å². The fourth-order valence-electron chi connectivity index (χ4n) is 2.18. The van der Waals surface area contributed by atoms with E-state index in [0.717, 1.165) is 13.1 Å². The lowest BCUT2D eigenvalue weighted by Gasteiger charge is -2.44. The first-order valence-corrected chi connectivity index (χ1v) is 4.90. The van der Waals surface area contributed by atoms with E-state index in [9.17, 15) is 4.79 Å². The fraction of sp³-hybridized carbons (Fsp3) is 0.700. The number of hydrogen-bond donors (Lipinski definition) is 1. The Balaban J connectivity index is 1.97. The quantitative estimate of drug-likeness (QED) is 0.504. The van der Waals surface area contributed by atoms with Crippen LogP contribution >= 0.6 is 0 Å². The molecule has 72 valence electrons. The number of hydrogen-bond acceptors (Lipinski definition) is 3. The van der Waals surface area contributed by atoms with Crippen LogP contribution in [-0.2, 0) is 9.53 Å². The van der Waals surface area contributed by atoms with Crippen molar-refractivity contribution in [1.29, 1.82) is 0 Å². The monoisotopic (exact) mass is 181 g/mol. The molecule has 13 heavy (non-hydrogen) atoms. The van der Waals surface area contributed by atoms with Crippen molar-refractivity contribution in [1.82, 2.24) is 5.32 Å². The van der Waals surface area contributed by atoms with Crippen LogP contribution in [0, 0.1) is 11.8 Å². The van der Waals surface area contributed by atoms with Crippen molar-refractivity contribution >= 4 is 5.97 Å². The van der Waals surface area contributed by atoms with Gasteiger partial charge in [-0.3, -0.25) is 0 Å². The van der Waals surface area contributed by atoms with Gasteiger partial charge in [0.2, 0.25) is 0 Å². The third-order valence-electron chi connectivity index (χ3n) is 2.86.